The largest absolute Gasteiger partial charge is 0.487 e. The van der Waals surface area contributed by atoms with Crippen molar-refractivity contribution in [3.63, 3.8) is 0 Å². The third kappa shape index (κ3) is 2.90. The number of allylic oxidation sites excluding steroid dienone is 1. The molecule has 2 heterocycles. The summed E-state index contributed by atoms with van der Waals surface area (Å²) in [7, 11) is 0. The fourth-order valence-electron chi connectivity index (χ4n) is 3.57. The molecule has 0 atom stereocenters. The van der Waals surface area contributed by atoms with Gasteiger partial charge in [0.15, 0.2) is 5.78 Å². The van der Waals surface area contributed by atoms with Crippen molar-refractivity contribution in [2.24, 2.45) is 0 Å². The predicted octanol–water partition coefficient (Wildman–Crippen LogP) is 3.57. The number of anilines is 1. The first-order valence-electron chi connectivity index (χ1n) is 8.61. The number of nitrogens with zero attached hydrogens (tertiary/aromatic N) is 2. The van der Waals surface area contributed by atoms with E-state index in [-0.39, 0.29) is 5.78 Å². The standard InChI is InChI=1S/C20H21N3O2/c1-20(2)10-17(24)14-8-7-12(9-18(14)25-20)13-5-3-4-6-16-15(13)11-22-19(21)23-16/h5,7-9,11H,3-4,6,10H2,1-2H3,(H2,21,22,23). The molecule has 5 heteroatoms. The van der Waals surface area contributed by atoms with Crippen LogP contribution < -0.4 is 10.5 Å². The highest BCUT2D eigenvalue weighted by atomic mass is 16.5. The Kier molecular flexibility index (Phi) is 3.60. The highest BCUT2D eigenvalue weighted by molar-refractivity contribution is 6.01. The number of nitrogen functional groups attached to an aromatic ring is 1. The first-order chi connectivity index (χ1) is 11.9. The minimum Gasteiger partial charge on any atom is -0.487 e. The van der Waals surface area contributed by atoms with Crippen LogP contribution in [-0.2, 0) is 6.42 Å². The summed E-state index contributed by atoms with van der Waals surface area (Å²) in [6.07, 6.45) is 7.29. The molecule has 0 saturated heterocycles. The Balaban J connectivity index is 1.81. The molecule has 4 rings (SSSR count). The van der Waals surface area contributed by atoms with Crippen molar-refractivity contribution >= 4 is 17.3 Å². The van der Waals surface area contributed by atoms with Gasteiger partial charge in [0.2, 0.25) is 5.95 Å². The summed E-state index contributed by atoms with van der Waals surface area (Å²) in [5.74, 6) is 1.09. The summed E-state index contributed by atoms with van der Waals surface area (Å²) in [4.78, 5) is 20.9. The highest BCUT2D eigenvalue weighted by Gasteiger charge is 2.32. The van der Waals surface area contributed by atoms with Gasteiger partial charge in [-0.2, -0.15) is 0 Å². The van der Waals surface area contributed by atoms with Gasteiger partial charge in [0, 0.05) is 11.8 Å². The third-order valence-corrected chi connectivity index (χ3v) is 4.71. The van der Waals surface area contributed by atoms with E-state index < -0.39 is 5.60 Å². The predicted molar refractivity (Wildman–Crippen MR) is 96.6 cm³/mol. The molecule has 1 aliphatic carbocycles. The number of Topliss-reactive ketones (excluding diaryl/α,β-unsaturated/α-hetero) is 1. The number of rotatable bonds is 1. The molecule has 1 aromatic carbocycles. The number of carbonyl (C=O) groups excluding carboxylic acids is 1. The van der Waals surface area contributed by atoms with Gasteiger partial charge in [-0.1, -0.05) is 12.1 Å². The summed E-state index contributed by atoms with van der Waals surface area (Å²) >= 11 is 0. The lowest BCUT2D eigenvalue weighted by molar-refractivity contribution is 0.0620. The number of hydrogen-bond acceptors (Lipinski definition) is 5. The molecule has 0 saturated carbocycles. The molecule has 2 aromatic rings. The fraction of sp³-hybridized carbons (Fsp3) is 0.350. The number of ketones is 1. The van der Waals surface area contributed by atoms with Crippen LogP contribution in [0.15, 0.2) is 30.5 Å². The van der Waals surface area contributed by atoms with E-state index >= 15 is 0 Å². The fourth-order valence-corrected chi connectivity index (χ4v) is 3.57. The van der Waals surface area contributed by atoms with Crippen molar-refractivity contribution in [3.8, 4) is 5.75 Å². The van der Waals surface area contributed by atoms with Gasteiger partial charge in [-0.25, -0.2) is 9.97 Å². The van der Waals surface area contributed by atoms with E-state index in [0.29, 0.717) is 23.7 Å². The molecule has 1 aromatic heterocycles. The molecular weight excluding hydrogens is 314 g/mol. The number of hydrogen-bond donors (Lipinski definition) is 1. The van der Waals surface area contributed by atoms with Crippen LogP contribution in [0.3, 0.4) is 0 Å². The molecule has 25 heavy (non-hydrogen) atoms. The first-order valence-corrected chi connectivity index (χ1v) is 8.61. The van der Waals surface area contributed by atoms with E-state index in [9.17, 15) is 4.79 Å². The lowest BCUT2D eigenvalue weighted by Gasteiger charge is -2.32. The van der Waals surface area contributed by atoms with Crippen molar-refractivity contribution in [1.29, 1.82) is 0 Å². The van der Waals surface area contributed by atoms with Crippen LogP contribution in [0.1, 0.15) is 60.3 Å². The monoisotopic (exact) mass is 335 g/mol. The second kappa shape index (κ2) is 5.69. The number of benzene rings is 1. The van der Waals surface area contributed by atoms with Crippen LogP contribution in [0.2, 0.25) is 0 Å². The Morgan fingerprint density at radius 1 is 1.24 bits per heavy atom. The first kappa shape index (κ1) is 15.8. The minimum absolute atomic E-state index is 0.129. The van der Waals surface area contributed by atoms with E-state index in [0.717, 1.165) is 41.7 Å². The molecule has 0 fully saturated rings. The zero-order chi connectivity index (χ0) is 17.6. The molecule has 0 unspecified atom stereocenters. The quantitative estimate of drug-likeness (QED) is 0.862. The van der Waals surface area contributed by atoms with E-state index in [1.165, 1.54) is 0 Å². The Morgan fingerprint density at radius 2 is 2.08 bits per heavy atom. The average Bonchev–Trinajstić information content (AvgIpc) is 2.75. The van der Waals surface area contributed by atoms with Crippen molar-refractivity contribution in [3.05, 3.63) is 52.9 Å². The van der Waals surface area contributed by atoms with Gasteiger partial charge in [0.1, 0.15) is 11.4 Å². The van der Waals surface area contributed by atoms with Crippen LogP contribution in [0.25, 0.3) is 5.57 Å². The normalized spacial score (nSPS) is 18.5. The second-order valence-electron chi connectivity index (χ2n) is 7.27. The van der Waals surface area contributed by atoms with Gasteiger partial charge in [0.05, 0.1) is 17.7 Å². The van der Waals surface area contributed by atoms with Crippen molar-refractivity contribution in [2.75, 3.05) is 5.73 Å². The SMILES string of the molecule is CC1(C)CC(=O)c2ccc(C3=CCCCc4nc(N)ncc43)cc2O1. The van der Waals surface area contributed by atoms with Crippen LogP contribution in [0.5, 0.6) is 5.75 Å². The summed E-state index contributed by atoms with van der Waals surface area (Å²) < 4.78 is 6.06. The summed E-state index contributed by atoms with van der Waals surface area (Å²) in [6, 6.07) is 5.81. The van der Waals surface area contributed by atoms with Crippen molar-refractivity contribution < 1.29 is 9.53 Å². The van der Waals surface area contributed by atoms with Gasteiger partial charge in [-0.3, -0.25) is 4.79 Å². The van der Waals surface area contributed by atoms with E-state index in [4.69, 9.17) is 10.5 Å². The highest BCUT2D eigenvalue weighted by Crippen LogP contribution is 2.37. The van der Waals surface area contributed by atoms with Crippen LogP contribution >= 0.6 is 0 Å². The molecule has 2 N–H and O–H groups in total. The van der Waals surface area contributed by atoms with E-state index in [1.54, 1.807) is 6.20 Å². The molecular formula is C20H21N3O2. The molecule has 0 spiro atoms. The Morgan fingerprint density at radius 3 is 2.92 bits per heavy atom. The number of carbonyl (C=O) groups is 1. The molecule has 0 radical (unpaired) electrons. The number of nitrogens with two attached hydrogens (primary N) is 1. The topological polar surface area (TPSA) is 78.1 Å². The Bertz CT molecular complexity index is 900. The second-order valence-corrected chi connectivity index (χ2v) is 7.27. The lowest BCUT2D eigenvalue weighted by Crippen LogP contribution is -2.35. The number of aryl methyl sites for hydroxylation is 1. The number of ether oxygens (including phenoxy) is 1. The number of aromatic nitrogens is 2. The van der Waals surface area contributed by atoms with Gasteiger partial charge in [-0.05, 0) is 56.4 Å². The molecule has 5 nitrogen and oxygen atoms in total. The molecule has 0 bridgehead atoms. The van der Waals surface area contributed by atoms with Gasteiger partial charge >= 0.3 is 0 Å². The van der Waals surface area contributed by atoms with Crippen molar-refractivity contribution in [2.45, 2.75) is 45.1 Å². The maximum absolute atomic E-state index is 12.4. The average molecular weight is 335 g/mol. The van der Waals surface area contributed by atoms with Gasteiger partial charge in [0.25, 0.3) is 0 Å². The van der Waals surface area contributed by atoms with Gasteiger partial charge < -0.3 is 10.5 Å². The van der Waals surface area contributed by atoms with E-state index in [2.05, 4.69) is 16.0 Å². The summed E-state index contributed by atoms with van der Waals surface area (Å²) in [5, 5.41) is 0. The summed E-state index contributed by atoms with van der Waals surface area (Å²) in [6.45, 7) is 3.88. The zero-order valence-electron chi connectivity index (χ0n) is 14.5. The van der Waals surface area contributed by atoms with Gasteiger partial charge in [-0.15, -0.1) is 0 Å². The Labute approximate surface area is 146 Å². The summed E-state index contributed by atoms with van der Waals surface area (Å²) in [5.41, 5.74) is 10.0. The van der Waals surface area contributed by atoms with Crippen LogP contribution in [0, 0.1) is 0 Å². The smallest absolute Gasteiger partial charge is 0.220 e. The Hall–Kier alpha value is -2.69. The van der Waals surface area contributed by atoms with Crippen molar-refractivity contribution in [1.82, 2.24) is 9.97 Å². The molecule has 1 aliphatic heterocycles. The van der Waals surface area contributed by atoms with Crippen LogP contribution in [-0.4, -0.2) is 21.4 Å². The third-order valence-electron chi connectivity index (χ3n) is 4.71. The molecule has 0 amide bonds. The van der Waals surface area contributed by atoms with Crippen LogP contribution in [0.4, 0.5) is 5.95 Å². The molecule has 2 aliphatic rings. The maximum Gasteiger partial charge on any atom is 0.220 e. The lowest BCUT2D eigenvalue weighted by atomic mass is 9.90. The molecule has 128 valence electrons. The van der Waals surface area contributed by atoms with E-state index in [1.807, 2.05) is 32.0 Å². The minimum atomic E-state index is -0.476. The number of fused-ring (bicyclic) bond motifs is 2. The zero-order valence-corrected chi connectivity index (χ0v) is 14.5. The maximum atomic E-state index is 12.4.